The van der Waals surface area contributed by atoms with Crippen molar-refractivity contribution in [1.29, 1.82) is 0 Å². The number of aliphatic hydroxyl groups excluding tert-OH is 1. The van der Waals surface area contributed by atoms with Crippen LogP contribution in [0.15, 0.2) is 48.6 Å². The molecule has 0 aliphatic heterocycles. The number of aliphatic hydroxyl groups is 1. The Morgan fingerprint density at radius 1 is 0.708 bits per heavy atom. The average molecular weight is 698 g/mol. The third kappa shape index (κ3) is 33.0. The lowest BCUT2D eigenvalue weighted by Crippen LogP contribution is -2.45. The maximum atomic E-state index is 12.7. The minimum absolute atomic E-state index is 0.0454. The zero-order valence-electron chi connectivity index (χ0n) is 31.5. The van der Waals surface area contributed by atoms with Gasteiger partial charge < -0.3 is 19.8 Å². The molecule has 3 unspecified atom stereocenters. The van der Waals surface area contributed by atoms with Crippen molar-refractivity contribution in [1.82, 2.24) is 5.32 Å². The van der Waals surface area contributed by atoms with Gasteiger partial charge in [-0.15, -0.1) is 0 Å². The van der Waals surface area contributed by atoms with Crippen LogP contribution in [-0.4, -0.2) is 73.4 Å². The van der Waals surface area contributed by atoms with Crippen LogP contribution >= 0.6 is 7.82 Å². The van der Waals surface area contributed by atoms with Crippen molar-refractivity contribution in [3.63, 3.8) is 0 Å². The van der Waals surface area contributed by atoms with E-state index in [1.807, 2.05) is 33.3 Å². The van der Waals surface area contributed by atoms with Crippen molar-refractivity contribution in [2.24, 2.45) is 0 Å². The van der Waals surface area contributed by atoms with Crippen LogP contribution in [-0.2, 0) is 18.4 Å². The number of phosphoric ester groups is 1. The van der Waals surface area contributed by atoms with Gasteiger partial charge in [0.15, 0.2) is 0 Å². The van der Waals surface area contributed by atoms with Crippen LogP contribution < -0.4 is 5.32 Å². The average Bonchev–Trinajstić information content (AvgIpc) is 3.02. The summed E-state index contributed by atoms with van der Waals surface area (Å²) in [5.41, 5.74) is 0. The summed E-state index contributed by atoms with van der Waals surface area (Å²) >= 11 is 0. The Balaban J connectivity index is 4.71. The number of carbonyl (C=O) groups excluding carboxylic acids is 1. The monoisotopic (exact) mass is 698 g/mol. The Morgan fingerprint density at radius 2 is 1.21 bits per heavy atom. The summed E-state index contributed by atoms with van der Waals surface area (Å²) in [7, 11) is 1.51. The first-order valence-corrected chi connectivity index (χ1v) is 20.5. The Labute approximate surface area is 295 Å². The van der Waals surface area contributed by atoms with Crippen LogP contribution in [0.2, 0.25) is 0 Å². The van der Waals surface area contributed by atoms with E-state index in [4.69, 9.17) is 9.05 Å². The van der Waals surface area contributed by atoms with E-state index in [-0.39, 0.29) is 25.5 Å². The summed E-state index contributed by atoms with van der Waals surface area (Å²) in [5, 5.41) is 13.7. The number of allylic oxidation sites excluding steroid dienone is 7. The molecule has 3 N–H and O–H groups in total. The van der Waals surface area contributed by atoms with Gasteiger partial charge in [0.1, 0.15) is 13.2 Å². The SMILES string of the molecule is CCCCCCCC/C=C\C/C=C\CCC(=O)NC(COP(=O)(O)OCC[N+](C)(C)C)C(O)/C=C/CC/C=C/CCCCCCCCC. The number of phosphoric acid groups is 1. The van der Waals surface area contributed by atoms with Crippen LogP contribution in [0.5, 0.6) is 0 Å². The van der Waals surface area contributed by atoms with Crippen molar-refractivity contribution < 1.29 is 32.9 Å². The van der Waals surface area contributed by atoms with E-state index in [1.54, 1.807) is 6.08 Å². The zero-order valence-corrected chi connectivity index (χ0v) is 32.4. The second kappa shape index (κ2) is 31.4. The minimum Gasteiger partial charge on any atom is -0.387 e. The van der Waals surface area contributed by atoms with Crippen molar-refractivity contribution in [3.8, 4) is 0 Å². The number of rotatable bonds is 33. The van der Waals surface area contributed by atoms with Crippen LogP contribution in [0.4, 0.5) is 0 Å². The van der Waals surface area contributed by atoms with Gasteiger partial charge in [-0.3, -0.25) is 13.8 Å². The molecule has 0 aliphatic carbocycles. The standard InChI is InChI=1S/C39H73N2O6P/c1-6-8-10-12-14-16-18-20-22-24-26-28-30-32-38(42)37(36-47-48(44,45)46-35-34-41(3,4)5)40-39(43)33-31-29-27-25-23-21-19-17-15-13-11-9-7-2/h21-24,27,29-30,32,37-38,42H,6-20,25-26,28,31,33-36H2,1-5H3,(H-,40,43,44,45)/p+1/b23-21-,24-22+,29-27-,32-30+. The number of nitrogens with one attached hydrogen (secondary N) is 1. The van der Waals surface area contributed by atoms with E-state index >= 15 is 0 Å². The molecule has 0 rings (SSSR count). The van der Waals surface area contributed by atoms with Gasteiger partial charge in [0.05, 0.1) is 39.9 Å². The molecular formula is C39H74N2O6P+. The summed E-state index contributed by atoms with van der Waals surface area (Å²) in [6.45, 7) is 4.69. The first-order valence-electron chi connectivity index (χ1n) is 19.0. The van der Waals surface area contributed by atoms with E-state index in [9.17, 15) is 19.4 Å². The molecular weight excluding hydrogens is 623 g/mol. The third-order valence-electron chi connectivity index (χ3n) is 8.03. The molecule has 280 valence electrons. The molecule has 48 heavy (non-hydrogen) atoms. The predicted octanol–water partition coefficient (Wildman–Crippen LogP) is 9.74. The molecule has 9 heteroatoms. The maximum absolute atomic E-state index is 12.7. The molecule has 0 radical (unpaired) electrons. The Kier molecular flexibility index (Phi) is 30.4. The lowest BCUT2D eigenvalue weighted by Gasteiger charge is -2.25. The van der Waals surface area contributed by atoms with E-state index in [1.165, 1.54) is 83.5 Å². The van der Waals surface area contributed by atoms with Gasteiger partial charge in [-0.2, -0.15) is 0 Å². The molecule has 0 aromatic heterocycles. The third-order valence-corrected chi connectivity index (χ3v) is 9.02. The van der Waals surface area contributed by atoms with Gasteiger partial charge in [0, 0.05) is 6.42 Å². The summed E-state index contributed by atoms with van der Waals surface area (Å²) in [5.74, 6) is -0.258. The lowest BCUT2D eigenvalue weighted by molar-refractivity contribution is -0.870. The number of nitrogens with zero attached hydrogens (tertiary/aromatic N) is 1. The van der Waals surface area contributed by atoms with Gasteiger partial charge in [-0.25, -0.2) is 4.57 Å². The summed E-state index contributed by atoms with van der Waals surface area (Å²) in [6, 6.07) is -0.891. The van der Waals surface area contributed by atoms with Crippen molar-refractivity contribution in [2.45, 2.75) is 154 Å². The smallest absolute Gasteiger partial charge is 0.387 e. The molecule has 8 nitrogen and oxygen atoms in total. The number of unbranched alkanes of at least 4 members (excludes halogenated alkanes) is 14. The molecule has 0 spiro atoms. The van der Waals surface area contributed by atoms with Crippen LogP contribution in [0, 0.1) is 0 Å². The molecule has 0 saturated heterocycles. The molecule has 1 amide bonds. The Bertz CT molecular complexity index is 928. The number of hydrogen-bond donors (Lipinski definition) is 3. The molecule has 3 atom stereocenters. The van der Waals surface area contributed by atoms with E-state index in [2.05, 4.69) is 49.5 Å². The molecule has 0 fully saturated rings. The van der Waals surface area contributed by atoms with E-state index in [0.29, 0.717) is 17.4 Å². The van der Waals surface area contributed by atoms with Gasteiger partial charge in [-0.05, 0) is 51.4 Å². The number of amides is 1. The topological polar surface area (TPSA) is 105 Å². The number of quaternary nitrogens is 1. The predicted molar refractivity (Wildman–Crippen MR) is 203 cm³/mol. The molecule has 0 saturated carbocycles. The normalized spacial score (nSPS) is 15.2. The number of likely N-dealkylation sites (N-methyl/N-ethyl adjacent to an activating group) is 1. The molecule has 0 aromatic carbocycles. The van der Waals surface area contributed by atoms with Gasteiger partial charge in [0.2, 0.25) is 5.91 Å². The summed E-state index contributed by atoms with van der Waals surface area (Å²) in [6.07, 6.45) is 37.6. The van der Waals surface area contributed by atoms with E-state index in [0.717, 1.165) is 32.1 Å². The highest BCUT2D eigenvalue weighted by atomic mass is 31.2. The second-order valence-electron chi connectivity index (χ2n) is 13.9. The fourth-order valence-electron chi connectivity index (χ4n) is 4.93. The maximum Gasteiger partial charge on any atom is 0.472 e. The van der Waals surface area contributed by atoms with E-state index < -0.39 is 20.0 Å². The molecule has 0 aromatic rings. The first kappa shape index (κ1) is 46.5. The first-order chi connectivity index (χ1) is 23.0. The highest BCUT2D eigenvalue weighted by molar-refractivity contribution is 7.47. The molecule has 0 aliphatic rings. The van der Waals surface area contributed by atoms with Gasteiger partial charge in [-0.1, -0.05) is 133 Å². The highest BCUT2D eigenvalue weighted by Gasteiger charge is 2.27. The molecule has 0 bridgehead atoms. The largest absolute Gasteiger partial charge is 0.472 e. The fourth-order valence-corrected chi connectivity index (χ4v) is 5.66. The summed E-state index contributed by atoms with van der Waals surface area (Å²) in [4.78, 5) is 22.9. The number of carbonyl (C=O) groups is 1. The van der Waals surface area contributed by atoms with Crippen LogP contribution in [0.3, 0.4) is 0 Å². The van der Waals surface area contributed by atoms with Gasteiger partial charge in [0.25, 0.3) is 0 Å². The minimum atomic E-state index is -4.35. The fraction of sp³-hybridized carbons (Fsp3) is 0.769. The highest BCUT2D eigenvalue weighted by Crippen LogP contribution is 2.43. The quantitative estimate of drug-likeness (QED) is 0.0273. The Hall–Kier alpha value is -1.54. The number of hydrogen-bond acceptors (Lipinski definition) is 5. The van der Waals surface area contributed by atoms with Crippen LogP contribution in [0.1, 0.15) is 142 Å². The second-order valence-corrected chi connectivity index (χ2v) is 15.4. The lowest BCUT2D eigenvalue weighted by atomic mass is 10.1. The van der Waals surface area contributed by atoms with Crippen LogP contribution in [0.25, 0.3) is 0 Å². The molecule has 0 heterocycles. The van der Waals surface area contributed by atoms with Crippen molar-refractivity contribution in [2.75, 3.05) is 40.9 Å². The van der Waals surface area contributed by atoms with Crippen molar-refractivity contribution >= 4 is 13.7 Å². The zero-order chi connectivity index (χ0) is 35.8. The summed E-state index contributed by atoms with van der Waals surface area (Å²) < 4.78 is 23.4. The Morgan fingerprint density at radius 3 is 1.79 bits per heavy atom. The van der Waals surface area contributed by atoms with Crippen molar-refractivity contribution in [3.05, 3.63) is 48.6 Å². The van der Waals surface area contributed by atoms with Gasteiger partial charge >= 0.3 is 7.82 Å².